The van der Waals surface area contributed by atoms with E-state index in [0.29, 0.717) is 25.1 Å². The van der Waals surface area contributed by atoms with E-state index in [1.165, 1.54) is 31.8 Å². The Morgan fingerprint density at radius 2 is 1.86 bits per heavy atom. The Balaban J connectivity index is 1.86. The highest BCUT2D eigenvalue weighted by molar-refractivity contribution is 5.67. The van der Waals surface area contributed by atoms with Gasteiger partial charge in [0.05, 0.1) is 13.2 Å². The van der Waals surface area contributed by atoms with E-state index >= 15 is 0 Å². The molecule has 1 heterocycles. The molecule has 2 atom stereocenters. The number of hydroxylamine groups is 2. The molecule has 1 aromatic carbocycles. The molecule has 1 aliphatic heterocycles. The maximum atomic E-state index is 11.7. The van der Waals surface area contributed by atoms with Crippen molar-refractivity contribution in [2.45, 2.75) is 77.0 Å². The highest BCUT2D eigenvalue weighted by atomic mass is 16.7. The van der Waals surface area contributed by atoms with E-state index in [1.807, 2.05) is 25.1 Å². The Kier molecular flexibility index (Phi) is 6.67. The van der Waals surface area contributed by atoms with E-state index < -0.39 is 17.7 Å². The second-order valence-corrected chi connectivity index (χ2v) is 7.87. The molecular weight excluding hydrogens is 374 g/mol. The first-order chi connectivity index (χ1) is 13.9. The summed E-state index contributed by atoms with van der Waals surface area (Å²) in [6.07, 6.45) is 5.76. The molecule has 7 nitrogen and oxygen atoms in total. The van der Waals surface area contributed by atoms with Crippen molar-refractivity contribution in [2.75, 3.05) is 13.7 Å². The summed E-state index contributed by atoms with van der Waals surface area (Å²) in [5, 5.41) is 1.52. The van der Waals surface area contributed by atoms with Crippen molar-refractivity contribution in [2.24, 2.45) is 0 Å². The summed E-state index contributed by atoms with van der Waals surface area (Å²) in [6.45, 7) is 5.08. The van der Waals surface area contributed by atoms with Gasteiger partial charge in [-0.1, -0.05) is 18.1 Å². The van der Waals surface area contributed by atoms with Gasteiger partial charge in [0, 0.05) is 39.2 Å². The van der Waals surface area contributed by atoms with Gasteiger partial charge in [-0.25, -0.2) is 0 Å². The van der Waals surface area contributed by atoms with Crippen LogP contribution in [0.5, 0.6) is 11.5 Å². The van der Waals surface area contributed by atoms with Crippen molar-refractivity contribution >= 4 is 11.9 Å². The van der Waals surface area contributed by atoms with Crippen molar-refractivity contribution < 1.29 is 28.6 Å². The molecular formula is C22H31NO6. The van der Waals surface area contributed by atoms with Crippen LogP contribution in [-0.4, -0.2) is 42.5 Å². The van der Waals surface area contributed by atoms with Gasteiger partial charge in [0.2, 0.25) is 0 Å². The summed E-state index contributed by atoms with van der Waals surface area (Å²) in [5.41, 5.74) is 0.0765. The molecule has 0 N–H and O–H groups in total. The number of hydrogen-bond donors (Lipinski definition) is 0. The Hall–Kier alpha value is -2.28. The minimum Gasteiger partial charge on any atom is -0.493 e. The number of esters is 1. The van der Waals surface area contributed by atoms with Crippen LogP contribution >= 0.6 is 0 Å². The number of rotatable bonds is 7. The molecule has 0 aromatic heterocycles. The lowest BCUT2D eigenvalue weighted by Crippen LogP contribution is -2.47. The van der Waals surface area contributed by atoms with Crippen LogP contribution in [-0.2, 0) is 19.2 Å². The van der Waals surface area contributed by atoms with Crippen LogP contribution in [0.3, 0.4) is 0 Å². The van der Waals surface area contributed by atoms with E-state index in [9.17, 15) is 9.59 Å². The third-order valence-corrected chi connectivity index (χ3v) is 5.79. The van der Waals surface area contributed by atoms with Gasteiger partial charge >= 0.3 is 11.9 Å². The molecule has 1 saturated heterocycles. The number of methoxy groups -OCH3 is 1. The van der Waals surface area contributed by atoms with Crippen molar-refractivity contribution in [3.05, 3.63) is 23.8 Å². The molecule has 160 valence electrons. The molecule has 1 aromatic rings. The van der Waals surface area contributed by atoms with Gasteiger partial charge in [0.1, 0.15) is 0 Å². The van der Waals surface area contributed by atoms with Crippen LogP contribution in [0.4, 0.5) is 0 Å². The predicted octanol–water partition coefficient (Wildman–Crippen LogP) is 3.95. The second kappa shape index (κ2) is 9.03. The van der Waals surface area contributed by atoms with E-state index in [1.54, 1.807) is 7.11 Å². The fourth-order valence-electron chi connectivity index (χ4n) is 4.39. The number of carbonyl (C=O) groups is 2. The topological polar surface area (TPSA) is 74.3 Å². The molecule has 2 fully saturated rings. The predicted molar refractivity (Wildman–Crippen MR) is 106 cm³/mol. The summed E-state index contributed by atoms with van der Waals surface area (Å²) in [6, 6.07) is 5.91. The Labute approximate surface area is 172 Å². The van der Waals surface area contributed by atoms with E-state index in [-0.39, 0.29) is 12.0 Å². The normalized spacial score (nSPS) is 25.0. The van der Waals surface area contributed by atoms with E-state index in [2.05, 4.69) is 0 Å². The lowest BCUT2D eigenvalue weighted by Gasteiger charge is -2.34. The van der Waals surface area contributed by atoms with Crippen LogP contribution in [0.15, 0.2) is 18.2 Å². The molecule has 0 radical (unpaired) electrons. The van der Waals surface area contributed by atoms with Gasteiger partial charge in [0.15, 0.2) is 17.2 Å². The first kappa shape index (κ1) is 21.4. The summed E-state index contributed by atoms with van der Waals surface area (Å²) >= 11 is 0. The molecule has 1 saturated carbocycles. The number of nitrogens with zero attached hydrogens (tertiary/aromatic N) is 1. The standard InChI is InChI=1S/C22H31NO6/c1-5-22(28-15(2)24)13-18(14-23(22)29-16(3)25)17-10-11-20(26-4)21(12-17)27-19-8-6-7-9-19/h10-12,18-19H,5-9,13-14H2,1-4H3/t18?,22-/m0/s1. The van der Waals surface area contributed by atoms with Gasteiger partial charge in [-0.05, 0) is 43.4 Å². The number of benzene rings is 1. The second-order valence-electron chi connectivity index (χ2n) is 7.87. The smallest absolute Gasteiger partial charge is 0.322 e. The highest BCUT2D eigenvalue weighted by Crippen LogP contribution is 2.44. The SMILES string of the molecule is CC[C@]1(OC(C)=O)CC(c2ccc(OC)c(OC3CCCC3)c2)CN1OC(C)=O. The summed E-state index contributed by atoms with van der Waals surface area (Å²) in [7, 11) is 1.64. The molecule has 0 amide bonds. The van der Waals surface area contributed by atoms with Crippen molar-refractivity contribution in [3.63, 3.8) is 0 Å². The van der Waals surface area contributed by atoms with Crippen molar-refractivity contribution in [1.82, 2.24) is 5.06 Å². The molecule has 1 unspecified atom stereocenters. The molecule has 29 heavy (non-hydrogen) atoms. The third-order valence-electron chi connectivity index (χ3n) is 5.79. The van der Waals surface area contributed by atoms with Crippen LogP contribution in [0.1, 0.15) is 70.8 Å². The zero-order chi connectivity index (χ0) is 21.0. The zero-order valence-corrected chi connectivity index (χ0v) is 17.7. The molecule has 3 rings (SSSR count). The maximum Gasteiger partial charge on any atom is 0.322 e. The quantitative estimate of drug-likeness (QED) is 0.636. The Morgan fingerprint density at radius 3 is 2.45 bits per heavy atom. The fourth-order valence-corrected chi connectivity index (χ4v) is 4.39. The first-order valence-corrected chi connectivity index (χ1v) is 10.4. The van der Waals surface area contributed by atoms with Crippen molar-refractivity contribution in [1.29, 1.82) is 0 Å². The first-order valence-electron chi connectivity index (χ1n) is 10.4. The van der Waals surface area contributed by atoms with Crippen molar-refractivity contribution in [3.8, 4) is 11.5 Å². The molecule has 0 spiro atoms. The Bertz CT molecular complexity index is 745. The highest BCUT2D eigenvalue weighted by Gasteiger charge is 2.50. The van der Waals surface area contributed by atoms with Crippen LogP contribution < -0.4 is 9.47 Å². The monoisotopic (exact) mass is 405 g/mol. The lowest BCUT2D eigenvalue weighted by molar-refractivity contribution is -0.268. The summed E-state index contributed by atoms with van der Waals surface area (Å²) in [4.78, 5) is 28.8. The minimum atomic E-state index is -0.964. The van der Waals surface area contributed by atoms with Gasteiger partial charge in [-0.2, -0.15) is 0 Å². The van der Waals surface area contributed by atoms with E-state index in [4.69, 9.17) is 19.0 Å². The zero-order valence-electron chi connectivity index (χ0n) is 17.7. The van der Waals surface area contributed by atoms with Crippen LogP contribution in [0, 0.1) is 0 Å². The molecule has 1 aliphatic carbocycles. The fraction of sp³-hybridized carbons (Fsp3) is 0.636. The number of carbonyl (C=O) groups excluding carboxylic acids is 2. The van der Waals surface area contributed by atoms with Gasteiger partial charge in [0.25, 0.3) is 0 Å². The lowest BCUT2D eigenvalue weighted by atomic mass is 9.93. The van der Waals surface area contributed by atoms with E-state index in [0.717, 1.165) is 24.2 Å². The average molecular weight is 405 g/mol. The largest absolute Gasteiger partial charge is 0.493 e. The van der Waals surface area contributed by atoms with Crippen LogP contribution in [0.25, 0.3) is 0 Å². The minimum absolute atomic E-state index is 0.0190. The van der Waals surface area contributed by atoms with Gasteiger partial charge in [-0.3, -0.25) is 9.59 Å². The molecule has 0 bridgehead atoms. The molecule has 7 heteroatoms. The van der Waals surface area contributed by atoms with Crippen LogP contribution in [0.2, 0.25) is 0 Å². The molecule has 2 aliphatic rings. The number of hydrogen-bond acceptors (Lipinski definition) is 7. The van der Waals surface area contributed by atoms with Gasteiger partial charge in [-0.15, -0.1) is 0 Å². The number of ether oxygens (including phenoxy) is 3. The van der Waals surface area contributed by atoms with Gasteiger partial charge < -0.3 is 19.0 Å². The average Bonchev–Trinajstić information content (AvgIpc) is 3.29. The third kappa shape index (κ3) is 4.83. The summed E-state index contributed by atoms with van der Waals surface area (Å²) in [5.74, 6) is 0.625. The maximum absolute atomic E-state index is 11.7. The summed E-state index contributed by atoms with van der Waals surface area (Å²) < 4.78 is 17.4. The Morgan fingerprint density at radius 1 is 1.14 bits per heavy atom.